The number of nitrogens with one attached hydrogen (secondary N) is 2. The number of ether oxygens (including phenoxy) is 1. The van der Waals surface area contributed by atoms with E-state index in [-0.39, 0.29) is 5.60 Å². The maximum atomic E-state index is 9.60. The van der Waals surface area contributed by atoms with Gasteiger partial charge in [0, 0.05) is 12.6 Å². The summed E-state index contributed by atoms with van der Waals surface area (Å²) in [6, 6.07) is 0.804. The third-order valence-electron chi connectivity index (χ3n) is 2.90. The molecule has 2 aliphatic rings. The van der Waals surface area contributed by atoms with Crippen molar-refractivity contribution in [2.24, 2.45) is 5.92 Å². The van der Waals surface area contributed by atoms with E-state index in [1.54, 1.807) is 0 Å². The second kappa shape index (κ2) is 6.21. The van der Waals surface area contributed by atoms with Crippen LogP contribution in [0.3, 0.4) is 0 Å². The van der Waals surface area contributed by atoms with Gasteiger partial charge in [0.05, 0.1) is 0 Å². The quantitative estimate of drug-likeness (QED) is 0.655. The molecular weight excluding hydrogens is 204 g/mol. The average molecular weight is 228 g/mol. The highest BCUT2D eigenvalue weighted by Crippen LogP contribution is 2.18. The fourth-order valence-corrected chi connectivity index (χ4v) is 2.07. The summed E-state index contributed by atoms with van der Waals surface area (Å²) in [4.78, 5) is 9.60. The van der Waals surface area contributed by atoms with E-state index in [1.165, 1.54) is 32.5 Å². The summed E-state index contributed by atoms with van der Waals surface area (Å²) < 4.78 is 4.55. The Bertz CT molecular complexity index is 202. The minimum absolute atomic E-state index is 0.318. The van der Waals surface area contributed by atoms with Crippen LogP contribution in [0.15, 0.2) is 0 Å². The Morgan fingerprint density at radius 1 is 1.31 bits per heavy atom. The minimum Gasteiger partial charge on any atom is -0.462 e. The van der Waals surface area contributed by atoms with Crippen LogP contribution >= 0.6 is 0 Å². The highest BCUT2D eigenvalue weighted by atomic mass is 16.5. The number of hydrogen-bond donors (Lipinski definition) is 2. The van der Waals surface area contributed by atoms with E-state index >= 15 is 0 Å². The van der Waals surface area contributed by atoms with Gasteiger partial charge < -0.3 is 15.4 Å². The van der Waals surface area contributed by atoms with E-state index < -0.39 is 0 Å². The van der Waals surface area contributed by atoms with Gasteiger partial charge >= 0.3 is 0 Å². The van der Waals surface area contributed by atoms with Crippen molar-refractivity contribution in [1.29, 1.82) is 0 Å². The molecule has 0 aliphatic carbocycles. The first-order valence-corrected chi connectivity index (χ1v) is 6.08. The summed E-state index contributed by atoms with van der Waals surface area (Å²) >= 11 is 0. The molecule has 2 saturated heterocycles. The van der Waals surface area contributed by atoms with Crippen LogP contribution in [0, 0.1) is 5.92 Å². The molecule has 2 fully saturated rings. The fraction of sp³-hybridized carbons (Fsp3) is 0.917. The van der Waals surface area contributed by atoms with Crippen molar-refractivity contribution in [3.63, 3.8) is 0 Å². The van der Waals surface area contributed by atoms with Crippen LogP contribution in [-0.4, -0.2) is 37.7 Å². The number of carbonyl (C=O) groups is 1. The Labute approximate surface area is 98.1 Å². The minimum atomic E-state index is -0.318. The molecule has 0 saturated carbocycles. The Kier molecular flexibility index (Phi) is 5.22. The molecule has 4 nitrogen and oxygen atoms in total. The van der Waals surface area contributed by atoms with Crippen molar-refractivity contribution in [3.8, 4) is 0 Å². The molecule has 0 spiro atoms. The Balaban J connectivity index is 0.000000168. The molecule has 0 amide bonds. The molecule has 2 unspecified atom stereocenters. The standard InChI is InChI=1S/C7H14N2.C5H10O2/c1-2-6-4-8-5-7(6)9-3-1;1-5(2,3)7-4-6/h6-9H,1-5H2;4H,1-3H3. The summed E-state index contributed by atoms with van der Waals surface area (Å²) in [7, 11) is 0. The van der Waals surface area contributed by atoms with Crippen LogP contribution in [0.1, 0.15) is 33.6 Å². The summed E-state index contributed by atoms with van der Waals surface area (Å²) in [5.74, 6) is 0.943. The molecule has 0 radical (unpaired) electrons. The van der Waals surface area contributed by atoms with E-state index in [4.69, 9.17) is 0 Å². The molecule has 0 aromatic heterocycles. The first-order valence-electron chi connectivity index (χ1n) is 6.08. The molecule has 0 aromatic rings. The SMILES string of the molecule is C1CNC2CNCC2C1.CC(C)(C)OC=O. The van der Waals surface area contributed by atoms with E-state index in [2.05, 4.69) is 15.4 Å². The lowest BCUT2D eigenvalue weighted by atomic mass is 9.94. The molecule has 16 heavy (non-hydrogen) atoms. The van der Waals surface area contributed by atoms with Gasteiger partial charge in [0.15, 0.2) is 0 Å². The zero-order chi connectivity index (χ0) is 12.0. The number of piperidine rings is 1. The average Bonchev–Trinajstić information content (AvgIpc) is 2.64. The van der Waals surface area contributed by atoms with E-state index in [0.717, 1.165) is 12.0 Å². The maximum absolute atomic E-state index is 9.60. The van der Waals surface area contributed by atoms with Crippen molar-refractivity contribution in [2.75, 3.05) is 19.6 Å². The van der Waals surface area contributed by atoms with Gasteiger partial charge in [0.25, 0.3) is 6.47 Å². The molecular formula is C12H24N2O2. The van der Waals surface area contributed by atoms with E-state index in [0.29, 0.717) is 6.47 Å². The third kappa shape index (κ3) is 4.94. The summed E-state index contributed by atoms with van der Waals surface area (Å²) in [6.07, 6.45) is 2.81. The van der Waals surface area contributed by atoms with Crippen molar-refractivity contribution < 1.29 is 9.53 Å². The smallest absolute Gasteiger partial charge is 0.293 e. The van der Waals surface area contributed by atoms with Crippen molar-refractivity contribution in [3.05, 3.63) is 0 Å². The lowest BCUT2D eigenvalue weighted by Crippen LogP contribution is -2.40. The van der Waals surface area contributed by atoms with Crippen molar-refractivity contribution in [1.82, 2.24) is 10.6 Å². The van der Waals surface area contributed by atoms with Gasteiger partial charge in [-0.2, -0.15) is 0 Å². The van der Waals surface area contributed by atoms with Crippen LogP contribution < -0.4 is 10.6 Å². The number of rotatable bonds is 1. The van der Waals surface area contributed by atoms with Gasteiger partial charge in [0.1, 0.15) is 5.60 Å². The molecule has 2 rings (SSSR count). The second-order valence-electron chi connectivity index (χ2n) is 5.45. The van der Waals surface area contributed by atoms with Crippen LogP contribution in [0.25, 0.3) is 0 Å². The summed E-state index contributed by atoms with van der Waals surface area (Å²) in [5, 5.41) is 6.92. The van der Waals surface area contributed by atoms with Crippen LogP contribution in [-0.2, 0) is 9.53 Å². The highest BCUT2D eigenvalue weighted by molar-refractivity contribution is 5.37. The molecule has 94 valence electrons. The van der Waals surface area contributed by atoms with E-state index in [1.807, 2.05) is 20.8 Å². The van der Waals surface area contributed by atoms with Gasteiger partial charge in [-0.25, -0.2) is 0 Å². The van der Waals surface area contributed by atoms with Crippen LogP contribution in [0.2, 0.25) is 0 Å². The first-order chi connectivity index (χ1) is 7.53. The topological polar surface area (TPSA) is 50.4 Å². The molecule has 2 aliphatic heterocycles. The molecule has 2 atom stereocenters. The Morgan fingerprint density at radius 3 is 2.56 bits per heavy atom. The predicted octanol–water partition coefficient (Wildman–Crippen LogP) is 0.916. The number of hydrogen-bond acceptors (Lipinski definition) is 4. The summed E-state index contributed by atoms with van der Waals surface area (Å²) in [5.41, 5.74) is -0.318. The molecule has 4 heteroatoms. The molecule has 2 heterocycles. The van der Waals surface area contributed by atoms with Crippen molar-refractivity contribution >= 4 is 6.47 Å². The van der Waals surface area contributed by atoms with Crippen LogP contribution in [0.5, 0.6) is 0 Å². The Hall–Kier alpha value is -0.610. The lowest BCUT2D eigenvalue weighted by molar-refractivity contribution is -0.138. The highest BCUT2D eigenvalue weighted by Gasteiger charge is 2.28. The normalized spacial score (nSPS) is 28.7. The van der Waals surface area contributed by atoms with Gasteiger partial charge in [-0.3, -0.25) is 4.79 Å². The van der Waals surface area contributed by atoms with Gasteiger partial charge in [-0.1, -0.05) is 0 Å². The van der Waals surface area contributed by atoms with Gasteiger partial charge in [-0.15, -0.1) is 0 Å². The maximum Gasteiger partial charge on any atom is 0.293 e. The van der Waals surface area contributed by atoms with Gasteiger partial charge in [-0.05, 0) is 52.6 Å². The third-order valence-corrected chi connectivity index (χ3v) is 2.90. The largest absolute Gasteiger partial charge is 0.462 e. The summed E-state index contributed by atoms with van der Waals surface area (Å²) in [6.45, 7) is 9.61. The predicted molar refractivity (Wildman–Crippen MR) is 64.3 cm³/mol. The lowest BCUT2D eigenvalue weighted by Gasteiger charge is -2.24. The van der Waals surface area contributed by atoms with Gasteiger partial charge in [0.2, 0.25) is 0 Å². The molecule has 2 N–H and O–H groups in total. The molecule has 0 aromatic carbocycles. The van der Waals surface area contributed by atoms with E-state index in [9.17, 15) is 4.79 Å². The Morgan fingerprint density at radius 2 is 2.06 bits per heavy atom. The zero-order valence-electron chi connectivity index (χ0n) is 10.6. The van der Waals surface area contributed by atoms with Crippen molar-refractivity contribution in [2.45, 2.75) is 45.3 Å². The zero-order valence-corrected chi connectivity index (χ0v) is 10.6. The monoisotopic (exact) mass is 228 g/mol. The number of fused-ring (bicyclic) bond motifs is 1. The fourth-order valence-electron chi connectivity index (χ4n) is 2.07. The number of carbonyl (C=O) groups excluding carboxylic acids is 1. The molecule has 0 bridgehead atoms. The van der Waals surface area contributed by atoms with Crippen LogP contribution in [0.4, 0.5) is 0 Å². The first kappa shape index (κ1) is 13.5. The second-order valence-corrected chi connectivity index (χ2v) is 5.45.